The highest BCUT2D eigenvalue weighted by molar-refractivity contribution is 5.91. The van der Waals surface area contributed by atoms with Gasteiger partial charge in [-0.05, 0) is 37.5 Å². The summed E-state index contributed by atoms with van der Waals surface area (Å²) in [6, 6.07) is 8.16. The van der Waals surface area contributed by atoms with Crippen LogP contribution in [-0.4, -0.2) is 38.8 Å². The molecule has 0 aromatic heterocycles. The lowest BCUT2D eigenvalue weighted by Crippen LogP contribution is -2.38. The molecule has 1 atom stereocenters. The van der Waals surface area contributed by atoms with E-state index in [2.05, 4.69) is 22.3 Å². The molecule has 1 unspecified atom stereocenters. The standard InChI is InChI=1S/C18H24N2O3/c1-14(19-18(21)17-8-4-5-11-23-17)15-6-2-3-7-16(15)20-9-12-22-13-10-20/h2-3,6-8,14H,4-5,9-13H2,1H3,(H,19,21). The van der Waals surface area contributed by atoms with E-state index in [4.69, 9.17) is 9.47 Å². The number of carbonyl (C=O) groups excluding carboxylic acids is 1. The van der Waals surface area contributed by atoms with Crippen LogP contribution in [0.5, 0.6) is 0 Å². The van der Waals surface area contributed by atoms with Crippen LogP contribution in [0.4, 0.5) is 5.69 Å². The molecule has 1 aromatic carbocycles. The summed E-state index contributed by atoms with van der Waals surface area (Å²) in [5.41, 5.74) is 2.29. The number of para-hydroxylation sites is 1. The first-order valence-corrected chi connectivity index (χ1v) is 8.31. The molecule has 0 aliphatic carbocycles. The van der Waals surface area contributed by atoms with E-state index in [0.717, 1.165) is 44.7 Å². The monoisotopic (exact) mass is 316 g/mol. The fraction of sp³-hybridized carbons (Fsp3) is 0.500. The van der Waals surface area contributed by atoms with Gasteiger partial charge in [0.1, 0.15) is 0 Å². The second kappa shape index (κ2) is 7.51. The predicted molar refractivity (Wildman–Crippen MR) is 89.3 cm³/mol. The fourth-order valence-corrected chi connectivity index (χ4v) is 3.01. The summed E-state index contributed by atoms with van der Waals surface area (Å²) in [6.45, 7) is 5.89. The molecule has 0 saturated carbocycles. The van der Waals surface area contributed by atoms with Crippen LogP contribution in [0.1, 0.15) is 31.4 Å². The van der Waals surface area contributed by atoms with Crippen LogP contribution in [0.15, 0.2) is 36.1 Å². The van der Waals surface area contributed by atoms with E-state index in [-0.39, 0.29) is 11.9 Å². The number of hydrogen-bond acceptors (Lipinski definition) is 4. The third-order valence-electron chi connectivity index (χ3n) is 4.26. The van der Waals surface area contributed by atoms with Crippen molar-refractivity contribution >= 4 is 11.6 Å². The van der Waals surface area contributed by atoms with Crippen LogP contribution in [0, 0.1) is 0 Å². The maximum atomic E-state index is 12.3. The molecule has 1 amide bonds. The average Bonchev–Trinajstić information content (AvgIpc) is 2.63. The molecule has 2 heterocycles. The molecule has 1 saturated heterocycles. The lowest BCUT2D eigenvalue weighted by molar-refractivity contribution is -0.121. The molecule has 0 spiro atoms. The van der Waals surface area contributed by atoms with Crippen molar-refractivity contribution in [3.8, 4) is 0 Å². The number of amides is 1. The number of anilines is 1. The van der Waals surface area contributed by atoms with E-state index in [1.807, 2.05) is 25.1 Å². The average molecular weight is 316 g/mol. The Hall–Kier alpha value is -2.01. The molecular weight excluding hydrogens is 292 g/mol. The number of morpholine rings is 1. The summed E-state index contributed by atoms with van der Waals surface area (Å²) in [6.07, 6.45) is 3.76. The van der Waals surface area contributed by atoms with E-state index in [9.17, 15) is 4.79 Å². The minimum Gasteiger partial charge on any atom is -0.488 e. The fourth-order valence-electron chi connectivity index (χ4n) is 3.01. The molecule has 2 aliphatic heterocycles. The van der Waals surface area contributed by atoms with Crippen molar-refractivity contribution in [2.75, 3.05) is 37.8 Å². The predicted octanol–water partition coefficient (Wildman–Crippen LogP) is 2.39. The van der Waals surface area contributed by atoms with Crippen molar-refractivity contribution in [2.45, 2.75) is 25.8 Å². The molecule has 1 N–H and O–H groups in total. The highest BCUT2D eigenvalue weighted by atomic mass is 16.5. The van der Waals surface area contributed by atoms with Crippen molar-refractivity contribution in [1.82, 2.24) is 5.32 Å². The molecule has 124 valence electrons. The lowest BCUT2D eigenvalue weighted by Gasteiger charge is -2.32. The number of nitrogens with one attached hydrogen (secondary N) is 1. The highest BCUT2D eigenvalue weighted by Gasteiger charge is 2.21. The Labute approximate surface area is 137 Å². The van der Waals surface area contributed by atoms with Gasteiger partial charge in [-0.3, -0.25) is 4.79 Å². The molecular formula is C18H24N2O3. The Morgan fingerprint density at radius 1 is 1.22 bits per heavy atom. The minimum absolute atomic E-state index is 0.0760. The summed E-state index contributed by atoms with van der Waals surface area (Å²) < 4.78 is 10.9. The Balaban J connectivity index is 1.72. The molecule has 1 fully saturated rings. The Bertz CT molecular complexity index is 579. The normalized spacial score (nSPS) is 19.5. The van der Waals surface area contributed by atoms with Gasteiger partial charge in [0.2, 0.25) is 0 Å². The second-order valence-corrected chi connectivity index (χ2v) is 5.91. The van der Waals surface area contributed by atoms with Crippen LogP contribution in [0.3, 0.4) is 0 Å². The van der Waals surface area contributed by atoms with Gasteiger partial charge in [-0.25, -0.2) is 0 Å². The van der Waals surface area contributed by atoms with Gasteiger partial charge in [-0.2, -0.15) is 0 Å². The number of rotatable bonds is 4. The van der Waals surface area contributed by atoms with Crippen LogP contribution >= 0.6 is 0 Å². The summed E-state index contributed by atoms with van der Waals surface area (Å²) in [4.78, 5) is 14.6. The van der Waals surface area contributed by atoms with Gasteiger partial charge < -0.3 is 19.7 Å². The Morgan fingerprint density at radius 2 is 2.00 bits per heavy atom. The van der Waals surface area contributed by atoms with Crippen molar-refractivity contribution in [3.63, 3.8) is 0 Å². The quantitative estimate of drug-likeness (QED) is 0.927. The van der Waals surface area contributed by atoms with E-state index < -0.39 is 0 Å². The van der Waals surface area contributed by atoms with Crippen molar-refractivity contribution in [3.05, 3.63) is 41.7 Å². The first-order valence-electron chi connectivity index (χ1n) is 8.31. The smallest absolute Gasteiger partial charge is 0.286 e. The van der Waals surface area contributed by atoms with Crippen LogP contribution in [0.2, 0.25) is 0 Å². The van der Waals surface area contributed by atoms with Gasteiger partial charge in [0, 0.05) is 18.8 Å². The van der Waals surface area contributed by atoms with E-state index in [0.29, 0.717) is 12.4 Å². The number of hydrogen-bond donors (Lipinski definition) is 1. The van der Waals surface area contributed by atoms with Crippen LogP contribution < -0.4 is 10.2 Å². The molecule has 2 aliphatic rings. The minimum atomic E-state index is -0.131. The van der Waals surface area contributed by atoms with Gasteiger partial charge in [-0.15, -0.1) is 0 Å². The lowest BCUT2D eigenvalue weighted by atomic mass is 10.0. The van der Waals surface area contributed by atoms with Crippen LogP contribution in [-0.2, 0) is 14.3 Å². The number of carbonyl (C=O) groups is 1. The van der Waals surface area contributed by atoms with E-state index in [1.165, 1.54) is 5.69 Å². The van der Waals surface area contributed by atoms with Gasteiger partial charge in [-0.1, -0.05) is 18.2 Å². The summed E-state index contributed by atoms with van der Waals surface area (Å²) >= 11 is 0. The third kappa shape index (κ3) is 3.85. The summed E-state index contributed by atoms with van der Waals surface area (Å²) in [5, 5.41) is 3.06. The maximum Gasteiger partial charge on any atom is 0.286 e. The second-order valence-electron chi connectivity index (χ2n) is 5.91. The van der Waals surface area contributed by atoms with Gasteiger partial charge in [0.05, 0.1) is 25.9 Å². The largest absolute Gasteiger partial charge is 0.488 e. The molecule has 1 aromatic rings. The number of nitrogens with zero attached hydrogens (tertiary/aromatic N) is 1. The molecule has 3 rings (SSSR count). The van der Waals surface area contributed by atoms with Crippen LogP contribution in [0.25, 0.3) is 0 Å². The Morgan fingerprint density at radius 3 is 2.74 bits per heavy atom. The van der Waals surface area contributed by atoms with Gasteiger partial charge in [0.25, 0.3) is 5.91 Å². The molecule has 23 heavy (non-hydrogen) atoms. The van der Waals surface area contributed by atoms with Crippen molar-refractivity contribution < 1.29 is 14.3 Å². The molecule has 5 nitrogen and oxygen atoms in total. The highest BCUT2D eigenvalue weighted by Crippen LogP contribution is 2.27. The van der Waals surface area contributed by atoms with E-state index >= 15 is 0 Å². The van der Waals surface area contributed by atoms with Crippen molar-refractivity contribution in [2.24, 2.45) is 0 Å². The third-order valence-corrected chi connectivity index (χ3v) is 4.26. The SMILES string of the molecule is CC(NC(=O)C1=CCCCO1)c1ccccc1N1CCOCC1. The topological polar surface area (TPSA) is 50.8 Å². The zero-order valence-corrected chi connectivity index (χ0v) is 13.6. The number of ether oxygens (including phenoxy) is 2. The first-order chi connectivity index (χ1) is 11.3. The number of allylic oxidation sites excluding steroid dienone is 1. The summed E-state index contributed by atoms with van der Waals surface area (Å²) in [7, 11) is 0. The molecule has 5 heteroatoms. The van der Waals surface area contributed by atoms with Gasteiger partial charge >= 0.3 is 0 Å². The zero-order valence-electron chi connectivity index (χ0n) is 13.6. The van der Waals surface area contributed by atoms with Gasteiger partial charge in [0.15, 0.2) is 5.76 Å². The summed E-state index contributed by atoms with van der Waals surface area (Å²) in [5.74, 6) is 0.320. The zero-order chi connectivity index (χ0) is 16.1. The number of benzene rings is 1. The van der Waals surface area contributed by atoms with Crippen molar-refractivity contribution in [1.29, 1.82) is 0 Å². The van der Waals surface area contributed by atoms with E-state index in [1.54, 1.807) is 0 Å². The molecule has 0 bridgehead atoms. The Kier molecular flexibility index (Phi) is 5.18. The maximum absolute atomic E-state index is 12.3. The first kappa shape index (κ1) is 15.9. The molecule has 0 radical (unpaired) electrons.